The number of piperazine rings is 1. The van der Waals surface area contributed by atoms with Gasteiger partial charge in [0.25, 0.3) is 5.91 Å². The van der Waals surface area contributed by atoms with E-state index in [1.807, 2.05) is 30.3 Å². The van der Waals surface area contributed by atoms with Crippen molar-refractivity contribution in [1.29, 1.82) is 0 Å². The predicted molar refractivity (Wildman–Crippen MR) is 116 cm³/mol. The summed E-state index contributed by atoms with van der Waals surface area (Å²) < 4.78 is 5.69. The minimum atomic E-state index is -0.279. The maximum absolute atomic E-state index is 12.9. The Hall–Kier alpha value is -4.07. The Morgan fingerprint density at radius 2 is 1.68 bits per heavy atom. The summed E-state index contributed by atoms with van der Waals surface area (Å²) in [7, 11) is 0. The number of fused-ring (bicyclic) bond motifs is 1. The molecule has 0 atom stereocenters. The Morgan fingerprint density at radius 3 is 2.42 bits per heavy atom. The van der Waals surface area contributed by atoms with E-state index in [2.05, 4.69) is 20.1 Å². The number of benzene rings is 1. The van der Waals surface area contributed by atoms with Crippen LogP contribution >= 0.6 is 0 Å². The molecule has 8 nitrogen and oxygen atoms in total. The predicted octanol–water partition coefficient (Wildman–Crippen LogP) is 2.61. The number of pyridine rings is 1. The number of carbonyl (C=O) groups excluding carboxylic acids is 1. The first-order valence-electron chi connectivity index (χ1n) is 10.0. The lowest BCUT2D eigenvalue weighted by Gasteiger charge is -2.34. The Labute approximate surface area is 177 Å². The lowest BCUT2D eigenvalue weighted by atomic mass is 10.2. The summed E-state index contributed by atoms with van der Waals surface area (Å²) in [6.07, 6.45) is 1.72. The van der Waals surface area contributed by atoms with Crippen molar-refractivity contribution in [2.24, 2.45) is 0 Å². The molecule has 0 radical (unpaired) electrons. The van der Waals surface area contributed by atoms with Crippen molar-refractivity contribution in [3.63, 3.8) is 0 Å². The van der Waals surface area contributed by atoms with Crippen LogP contribution in [0.1, 0.15) is 10.6 Å². The van der Waals surface area contributed by atoms with Gasteiger partial charge in [0.1, 0.15) is 11.3 Å². The number of aromatic nitrogens is 3. The van der Waals surface area contributed by atoms with Crippen molar-refractivity contribution in [3.8, 4) is 11.4 Å². The van der Waals surface area contributed by atoms with E-state index in [1.165, 1.54) is 6.07 Å². The molecule has 1 aliphatic heterocycles. The fraction of sp³-hybridized carbons (Fsp3) is 0.174. The van der Waals surface area contributed by atoms with Crippen LogP contribution in [0.4, 0.5) is 5.82 Å². The quantitative estimate of drug-likeness (QED) is 0.510. The van der Waals surface area contributed by atoms with Gasteiger partial charge >= 0.3 is 0 Å². The summed E-state index contributed by atoms with van der Waals surface area (Å²) in [6.45, 7) is 2.22. The van der Waals surface area contributed by atoms with Gasteiger partial charge in [-0.3, -0.25) is 14.6 Å². The Morgan fingerprint density at radius 1 is 0.871 bits per heavy atom. The summed E-state index contributed by atoms with van der Waals surface area (Å²) in [5.41, 5.74) is 1.69. The van der Waals surface area contributed by atoms with Crippen LogP contribution in [0.25, 0.3) is 22.4 Å². The van der Waals surface area contributed by atoms with E-state index < -0.39 is 0 Å². The second kappa shape index (κ2) is 7.98. The van der Waals surface area contributed by atoms with E-state index in [0.29, 0.717) is 42.8 Å². The average molecular weight is 413 g/mol. The molecular weight excluding hydrogens is 394 g/mol. The summed E-state index contributed by atoms with van der Waals surface area (Å²) in [5.74, 6) is 0.541. The molecule has 31 heavy (non-hydrogen) atoms. The van der Waals surface area contributed by atoms with Crippen LogP contribution in [0.2, 0.25) is 0 Å². The third kappa shape index (κ3) is 3.75. The van der Waals surface area contributed by atoms with Crippen LogP contribution < -0.4 is 10.3 Å². The highest BCUT2D eigenvalue weighted by Crippen LogP contribution is 2.19. The lowest BCUT2D eigenvalue weighted by Crippen LogP contribution is -2.49. The smallest absolute Gasteiger partial charge is 0.289 e. The van der Waals surface area contributed by atoms with Crippen LogP contribution in [0, 0.1) is 0 Å². The van der Waals surface area contributed by atoms with Gasteiger partial charge in [-0.2, -0.15) is 0 Å². The summed E-state index contributed by atoms with van der Waals surface area (Å²) in [6, 6.07) is 17.7. The normalized spacial score (nSPS) is 14.1. The monoisotopic (exact) mass is 413 g/mol. The number of anilines is 1. The maximum Gasteiger partial charge on any atom is 0.289 e. The van der Waals surface area contributed by atoms with Crippen molar-refractivity contribution in [1.82, 2.24) is 20.1 Å². The van der Waals surface area contributed by atoms with E-state index in [4.69, 9.17) is 4.42 Å². The molecule has 3 aromatic heterocycles. The second-order valence-electron chi connectivity index (χ2n) is 7.24. The molecule has 4 heterocycles. The molecule has 1 aromatic carbocycles. The highest BCUT2D eigenvalue weighted by Gasteiger charge is 2.25. The Balaban J connectivity index is 1.27. The van der Waals surface area contributed by atoms with Gasteiger partial charge in [0.05, 0.1) is 11.1 Å². The van der Waals surface area contributed by atoms with Gasteiger partial charge in [0.2, 0.25) is 0 Å². The first-order chi connectivity index (χ1) is 15.2. The van der Waals surface area contributed by atoms with Crippen LogP contribution in [-0.2, 0) is 0 Å². The molecule has 0 saturated carbocycles. The van der Waals surface area contributed by atoms with Crippen molar-refractivity contribution < 1.29 is 9.21 Å². The zero-order chi connectivity index (χ0) is 21.2. The van der Waals surface area contributed by atoms with Crippen molar-refractivity contribution in [2.75, 3.05) is 31.1 Å². The third-order valence-electron chi connectivity index (χ3n) is 5.31. The summed E-state index contributed by atoms with van der Waals surface area (Å²) in [5, 5.41) is 9.07. The fourth-order valence-corrected chi connectivity index (χ4v) is 3.65. The van der Waals surface area contributed by atoms with Gasteiger partial charge in [-0.05, 0) is 36.4 Å². The summed E-state index contributed by atoms with van der Waals surface area (Å²) in [4.78, 5) is 33.2. The van der Waals surface area contributed by atoms with Gasteiger partial charge in [-0.25, -0.2) is 0 Å². The summed E-state index contributed by atoms with van der Waals surface area (Å²) >= 11 is 0. The molecular formula is C23H19N5O3. The molecule has 0 unspecified atom stereocenters. The molecule has 8 heteroatoms. The van der Waals surface area contributed by atoms with Crippen molar-refractivity contribution >= 4 is 22.7 Å². The number of nitrogens with zero attached hydrogens (tertiary/aromatic N) is 5. The topological polar surface area (TPSA) is 92.4 Å². The number of rotatable bonds is 3. The second-order valence-corrected chi connectivity index (χ2v) is 7.24. The van der Waals surface area contributed by atoms with Crippen LogP contribution in [0.15, 0.2) is 76.1 Å². The highest BCUT2D eigenvalue weighted by molar-refractivity contribution is 5.93. The molecule has 1 aliphatic rings. The fourth-order valence-electron chi connectivity index (χ4n) is 3.65. The third-order valence-corrected chi connectivity index (χ3v) is 5.31. The number of para-hydroxylation sites is 1. The zero-order valence-electron chi connectivity index (χ0n) is 16.6. The molecule has 1 amide bonds. The van der Waals surface area contributed by atoms with Crippen molar-refractivity contribution in [2.45, 2.75) is 0 Å². The molecule has 1 fully saturated rings. The van der Waals surface area contributed by atoms with Crippen LogP contribution in [0.5, 0.6) is 0 Å². The first kappa shape index (κ1) is 18.9. The van der Waals surface area contributed by atoms with E-state index in [0.717, 1.165) is 11.5 Å². The molecule has 4 aromatic rings. The SMILES string of the molecule is O=C(c1cc(=O)c2ccccc2o1)N1CCN(c2ccc(-c3ccccn3)nn2)CC1. The molecule has 0 bridgehead atoms. The standard InChI is InChI=1S/C23H19N5O3/c29-19-15-21(31-20-7-2-1-5-16(19)20)23(30)28-13-11-27(12-14-28)22-9-8-18(25-26-22)17-6-3-4-10-24-17/h1-10,15H,11-14H2. The Bertz CT molecular complexity index is 1280. The lowest BCUT2D eigenvalue weighted by molar-refractivity contribution is 0.0715. The van der Waals surface area contributed by atoms with Crippen LogP contribution in [-0.4, -0.2) is 52.2 Å². The molecule has 0 spiro atoms. The van der Waals surface area contributed by atoms with Gasteiger partial charge in [-0.1, -0.05) is 18.2 Å². The number of carbonyl (C=O) groups is 1. The van der Waals surface area contributed by atoms with Gasteiger partial charge in [0.15, 0.2) is 17.0 Å². The zero-order valence-corrected chi connectivity index (χ0v) is 16.6. The number of hydrogen-bond donors (Lipinski definition) is 0. The minimum absolute atomic E-state index is 0.0663. The van der Waals surface area contributed by atoms with Crippen molar-refractivity contribution in [3.05, 3.63) is 82.8 Å². The molecule has 0 aliphatic carbocycles. The largest absolute Gasteiger partial charge is 0.451 e. The highest BCUT2D eigenvalue weighted by atomic mass is 16.3. The number of amides is 1. The van der Waals surface area contributed by atoms with E-state index >= 15 is 0 Å². The van der Waals surface area contributed by atoms with E-state index in [1.54, 1.807) is 35.4 Å². The van der Waals surface area contributed by atoms with E-state index in [-0.39, 0.29) is 17.1 Å². The Kier molecular flexibility index (Phi) is 4.87. The van der Waals surface area contributed by atoms with Gasteiger partial charge in [0, 0.05) is 38.4 Å². The molecule has 154 valence electrons. The maximum atomic E-state index is 12.9. The molecule has 5 rings (SSSR count). The number of hydrogen-bond acceptors (Lipinski definition) is 7. The molecule has 1 saturated heterocycles. The van der Waals surface area contributed by atoms with Crippen LogP contribution in [0.3, 0.4) is 0 Å². The van der Waals surface area contributed by atoms with Gasteiger partial charge in [-0.15, -0.1) is 10.2 Å². The minimum Gasteiger partial charge on any atom is -0.451 e. The molecule has 0 N–H and O–H groups in total. The van der Waals surface area contributed by atoms with Gasteiger partial charge < -0.3 is 14.2 Å². The average Bonchev–Trinajstić information content (AvgIpc) is 2.84. The van der Waals surface area contributed by atoms with E-state index in [9.17, 15) is 9.59 Å². The first-order valence-corrected chi connectivity index (χ1v) is 10.0.